The highest BCUT2D eigenvalue weighted by Crippen LogP contribution is 2.31. The normalized spacial score (nSPS) is 15.0. The summed E-state index contributed by atoms with van der Waals surface area (Å²) >= 11 is 1.19. The molecule has 1 amide bonds. The minimum absolute atomic E-state index is 0.139. The third-order valence-electron chi connectivity index (χ3n) is 3.69. The molecule has 5 N–H and O–H groups in total. The first-order valence-corrected chi connectivity index (χ1v) is 8.46. The van der Waals surface area contributed by atoms with Crippen molar-refractivity contribution in [1.29, 1.82) is 0 Å². The van der Waals surface area contributed by atoms with Crippen molar-refractivity contribution < 1.29 is 4.79 Å². The molecule has 2 aromatic rings. The Balaban J connectivity index is 1.58. The quantitative estimate of drug-likeness (QED) is 0.561. The first kappa shape index (κ1) is 15.6. The van der Waals surface area contributed by atoms with Crippen molar-refractivity contribution in [1.82, 2.24) is 19.7 Å². The number of thioether (sulfide) groups is 1. The number of hydrogen-bond acceptors (Lipinski definition) is 7. The fourth-order valence-electron chi connectivity index (χ4n) is 2.69. The van der Waals surface area contributed by atoms with Crippen LogP contribution < -0.4 is 16.8 Å². The van der Waals surface area contributed by atoms with E-state index in [-0.39, 0.29) is 11.7 Å². The van der Waals surface area contributed by atoms with E-state index >= 15 is 0 Å². The summed E-state index contributed by atoms with van der Waals surface area (Å²) in [6, 6.07) is 3.67. The molecule has 1 aliphatic rings. The second kappa shape index (κ2) is 6.86. The monoisotopic (exact) mass is 333 g/mol. The highest BCUT2D eigenvalue weighted by atomic mass is 32.2. The largest absolute Gasteiger partial charge is 0.383 e. The molecule has 2 aromatic heterocycles. The number of nitrogen functional groups attached to an aromatic ring is 2. The Morgan fingerprint density at radius 1 is 1.30 bits per heavy atom. The number of nitrogens with two attached hydrogens (primary N) is 2. The van der Waals surface area contributed by atoms with Crippen LogP contribution in [0.1, 0.15) is 31.7 Å². The molecule has 2 heterocycles. The molecule has 9 heteroatoms. The van der Waals surface area contributed by atoms with E-state index in [2.05, 4.69) is 20.4 Å². The zero-order chi connectivity index (χ0) is 16.2. The van der Waals surface area contributed by atoms with Crippen LogP contribution in [-0.4, -0.2) is 31.4 Å². The smallest absolute Gasteiger partial charge is 0.235 e. The van der Waals surface area contributed by atoms with E-state index in [4.69, 9.17) is 11.5 Å². The zero-order valence-electron chi connectivity index (χ0n) is 12.6. The SMILES string of the molecule is Nc1cc(N)nc(SCC(=O)Nc2ccnn2C2CCCC2)n1. The lowest BCUT2D eigenvalue weighted by Crippen LogP contribution is -2.19. The van der Waals surface area contributed by atoms with Gasteiger partial charge >= 0.3 is 0 Å². The maximum absolute atomic E-state index is 12.1. The van der Waals surface area contributed by atoms with E-state index in [9.17, 15) is 4.79 Å². The molecule has 0 atom stereocenters. The molecule has 0 unspecified atom stereocenters. The molecule has 1 aliphatic carbocycles. The molecule has 1 saturated carbocycles. The molecule has 0 aliphatic heterocycles. The Morgan fingerprint density at radius 2 is 2.00 bits per heavy atom. The molecule has 8 nitrogen and oxygen atoms in total. The van der Waals surface area contributed by atoms with Crippen LogP contribution in [0.2, 0.25) is 0 Å². The van der Waals surface area contributed by atoms with Gasteiger partial charge in [-0.1, -0.05) is 24.6 Å². The minimum atomic E-state index is -0.139. The number of carbonyl (C=O) groups excluding carboxylic acids is 1. The van der Waals surface area contributed by atoms with Crippen molar-refractivity contribution in [3.63, 3.8) is 0 Å². The van der Waals surface area contributed by atoms with Gasteiger partial charge in [0.2, 0.25) is 5.91 Å². The Kier molecular flexibility index (Phi) is 4.65. The van der Waals surface area contributed by atoms with Gasteiger partial charge < -0.3 is 16.8 Å². The van der Waals surface area contributed by atoms with Crippen LogP contribution in [0.3, 0.4) is 0 Å². The topological polar surface area (TPSA) is 125 Å². The first-order chi connectivity index (χ1) is 11.1. The van der Waals surface area contributed by atoms with E-state index < -0.39 is 0 Å². The molecular formula is C14H19N7OS. The zero-order valence-corrected chi connectivity index (χ0v) is 13.4. The van der Waals surface area contributed by atoms with Crippen molar-refractivity contribution in [3.05, 3.63) is 18.3 Å². The Bertz CT molecular complexity index is 676. The fourth-order valence-corrected chi connectivity index (χ4v) is 3.36. The van der Waals surface area contributed by atoms with Gasteiger partial charge in [-0.05, 0) is 12.8 Å². The third-order valence-corrected chi connectivity index (χ3v) is 4.53. The number of nitrogens with one attached hydrogen (secondary N) is 1. The number of nitrogens with zero attached hydrogens (tertiary/aromatic N) is 4. The standard InChI is InChI=1S/C14H19N7OS/c15-10-7-11(16)19-14(18-10)23-8-13(22)20-12-5-6-17-21(12)9-3-1-2-4-9/h5-7,9H,1-4,8H2,(H,20,22)(H4,15,16,18,19). The summed E-state index contributed by atoms with van der Waals surface area (Å²) in [4.78, 5) is 20.2. The molecular weight excluding hydrogens is 314 g/mol. The molecule has 23 heavy (non-hydrogen) atoms. The van der Waals surface area contributed by atoms with Crippen molar-refractivity contribution >= 4 is 35.1 Å². The van der Waals surface area contributed by atoms with Crippen LogP contribution in [-0.2, 0) is 4.79 Å². The van der Waals surface area contributed by atoms with Gasteiger partial charge in [0.15, 0.2) is 5.16 Å². The van der Waals surface area contributed by atoms with Crippen molar-refractivity contribution in [2.45, 2.75) is 36.9 Å². The molecule has 0 spiro atoms. The van der Waals surface area contributed by atoms with E-state index in [0.29, 0.717) is 22.8 Å². The molecule has 122 valence electrons. The lowest BCUT2D eigenvalue weighted by Gasteiger charge is -2.14. The number of rotatable bonds is 5. The second-order valence-corrected chi connectivity index (χ2v) is 6.38. The number of aromatic nitrogens is 4. The summed E-state index contributed by atoms with van der Waals surface area (Å²) in [7, 11) is 0. The second-order valence-electron chi connectivity index (χ2n) is 5.44. The van der Waals surface area contributed by atoms with Crippen LogP contribution in [0.25, 0.3) is 0 Å². The number of hydrogen-bond donors (Lipinski definition) is 3. The predicted molar refractivity (Wildman–Crippen MR) is 89.9 cm³/mol. The van der Waals surface area contributed by atoms with E-state index in [1.54, 1.807) is 6.20 Å². The molecule has 1 fully saturated rings. The fraction of sp³-hybridized carbons (Fsp3) is 0.429. The maximum Gasteiger partial charge on any atom is 0.235 e. The molecule has 3 rings (SSSR count). The van der Waals surface area contributed by atoms with Gasteiger partial charge in [0.1, 0.15) is 17.5 Å². The lowest BCUT2D eigenvalue weighted by molar-refractivity contribution is -0.113. The van der Waals surface area contributed by atoms with Gasteiger partial charge in [-0.2, -0.15) is 5.10 Å². The predicted octanol–water partition coefficient (Wildman–Crippen LogP) is 1.68. The van der Waals surface area contributed by atoms with Crippen LogP contribution in [0.15, 0.2) is 23.5 Å². The van der Waals surface area contributed by atoms with Crippen LogP contribution in [0.4, 0.5) is 17.5 Å². The Labute approximate surface area is 138 Å². The van der Waals surface area contributed by atoms with Gasteiger partial charge in [0.05, 0.1) is 18.0 Å². The van der Waals surface area contributed by atoms with Crippen molar-refractivity contribution in [2.75, 3.05) is 22.5 Å². The van der Waals surface area contributed by atoms with E-state index in [0.717, 1.165) is 18.7 Å². The van der Waals surface area contributed by atoms with Crippen LogP contribution in [0.5, 0.6) is 0 Å². The summed E-state index contributed by atoms with van der Waals surface area (Å²) in [5.74, 6) is 1.35. The number of anilines is 3. The number of amides is 1. The summed E-state index contributed by atoms with van der Waals surface area (Å²) in [5, 5.41) is 7.61. The maximum atomic E-state index is 12.1. The van der Waals surface area contributed by atoms with Crippen molar-refractivity contribution in [2.24, 2.45) is 0 Å². The van der Waals surface area contributed by atoms with E-state index in [1.807, 2.05) is 10.7 Å². The van der Waals surface area contributed by atoms with Gasteiger partial charge in [-0.25, -0.2) is 14.6 Å². The highest BCUT2D eigenvalue weighted by molar-refractivity contribution is 7.99. The lowest BCUT2D eigenvalue weighted by atomic mass is 10.2. The first-order valence-electron chi connectivity index (χ1n) is 7.48. The summed E-state index contributed by atoms with van der Waals surface area (Å²) in [5.41, 5.74) is 11.2. The van der Waals surface area contributed by atoms with Crippen LogP contribution in [0, 0.1) is 0 Å². The molecule has 0 bridgehead atoms. The Hall–Kier alpha value is -2.29. The minimum Gasteiger partial charge on any atom is -0.383 e. The van der Waals surface area contributed by atoms with E-state index in [1.165, 1.54) is 30.7 Å². The Morgan fingerprint density at radius 3 is 2.70 bits per heavy atom. The summed E-state index contributed by atoms with van der Waals surface area (Å²) in [6.07, 6.45) is 6.35. The highest BCUT2D eigenvalue weighted by Gasteiger charge is 2.20. The summed E-state index contributed by atoms with van der Waals surface area (Å²) in [6.45, 7) is 0. The molecule has 0 aromatic carbocycles. The molecule has 0 radical (unpaired) electrons. The van der Waals surface area contributed by atoms with Crippen molar-refractivity contribution in [3.8, 4) is 0 Å². The van der Waals surface area contributed by atoms with Gasteiger partial charge in [-0.15, -0.1) is 0 Å². The molecule has 0 saturated heterocycles. The van der Waals surface area contributed by atoms with Gasteiger partial charge in [0, 0.05) is 12.1 Å². The average Bonchev–Trinajstić information content (AvgIpc) is 3.14. The third kappa shape index (κ3) is 3.92. The number of carbonyl (C=O) groups is 1. The summed E-state index contributed by atoms with van der Waals surface area (Å²) < 4.78 is 1.91. The van der Waals surface area contributed by atoms with Gasteiger partial charge in [0.25, 0.3) is 0 Å². The van der Waals surface area contributed by atoms with Crippen LogP contribution >= 0.6 is 11.8 Å². The average molecular weight is 333 g/mol. The van der Waals surface area contributed by atoms with Gasteiger partial charge in [-0.3, -0.25) is 4.79 Å².